The Morgan fingerprint density at radius 2 is 1.79 bits per heavy atom. The molecule has 0 saturated heterocycles. The number of nitrogens with two attached hydrogens (primary N) is 1. The van der Waals surface area contributed by atoms with Crippen LogP contribution in [0.4, 0.5) is 13.2 Å². The SMILES string of the molecule is CCC(N)C(SCC(C)C)C(F)(F)F. The maximum Gasteiger partial charge on any atom is 0.402 e. The summed E-state index contributed by atoms with van der Waals surface area (Å²) in [6, 6.07) is -0.793. The van der Waals surface area contributed by atoms with Crippen LogP contribution in [0, 0.1) is 5.92 Å². The van der Waals surface area contributed by atoms with Crippen molar-refractivity contribution in [2.24, 2.45) is 11.7 Å². The van der Waals surface area contributed by atoms with Gasteiger partial charge in [0.25, 0.3) is 0 Å². The third-order valence-corrected chi connectivity index (χ3v) is 3.63. The second kappa shape index (κ2) is 5.85. The van der Waals surface area contributed by atoms with Gasteiger partial charge in [0.05, 0.1) is 0 Å². The van der Waals surface area contributed by atoms with Gasteiger partial charge in [-0.2, -0.15) is 13.2 Å². The smallest absolute Gasteiger partial charge is 0.326 e. The molecule has 0 heterocycles. The second-order valence-electron chi connectivity index (χ2n) is 3.76. The summed E-state index contributed by atoms with van der Waals surface area (Å²) in [5.74, 6) is 0.756. The minimum absolute atomic E-state index is 0.258. The Morgan fingerprint density at radius 3 is 2.07 bits per heavy atom. The highest BCUT2D eigenvalue weighted by atomic mass is 32.2. The molecule has 0 aliphatic heterocycles. The molecule has 0 aromatic rings. The van der Waals surface area contributed by atoms with Crippen LogP contribution < -0.4 is 5.73 Å². The van der Waals surface area contributed by atoms with E-state index in [1.165, 1.54) is 0 Å². The van der Waals surface area contributed by atoms with Gasteiger partial charge in [0.2, 0.25) is 0 Å². The van der Waals surface area contributed by atoms with Crippen molar-refractivity contribution in [3.05, 3.63) is 0 Å². The zero-order valence-corrected chi connectivity index (χ0v) is 9.58. The summed E-state index contributed by atoms with van der Waals surface area (Å²) in [4.78, 5) is 0. The van der Waals surface area contributed by atoms with Gasteiger partial charge in [0.15, 0.2) is 0 Å². The van der Waals surface area contributed by atoms with Gasteiger partial charge < -0.3 is 5.73 Å². The van der Waals surface area contributed by atoms with Crippen molar-refractivity contribution < 1.29 is 13.2 Å². The molecular weight excluding hydrogens is 211 g/mol. The van der Waals surface area contributed by atoms with Gasteiger partial charge in [-0.1, -0.05) is 20.8 Å². The molecule has 0 aromatic heterocycles. The molecule has 0 fully saturated rings. The standard InChI is InChI=1S/C9H18F3NS/c1-4-7(13)8(9(10,11)12)14-5-6(2)3/h6-8H,4-5,13H2,1-3H3. The van der Waals surface area contributed by atoms with Crippen molar-refractivity contribution in [1.29, 1.82) is 0 Å². The van der Waals surface area contributed by atoms with Crippen molar-refractivity contribution in [3.8, 4) is 0 Å². The normalized spacial score (nSPS) is 17.1. The molecule has 2 N–H and O–H groups in total. The van der Waals surface area contributed by atoms with Gasteiger partial charge in [0.1, 0.15) is 5.25 Å². The zero-order chi connectivity index (χ0) is 11.4. The summed E-state index contributed by atoms with van der Waals surface area (Å²) in [6.07, 6.45) is -3.83. The Kier molecular flexibility index (Phi) is 5.90. The van der Waals surface area contributed by atoms with E-state index in [4.69, 9.17) is 5.73 Å². The molecule has 0 aliphatic rings. The van der Waals surface area contributed by atoms with Crippen LogP contribution in [0.2, 0.25) is 0 Å². The molecular formula is C9H18F3NS. The van der Waals surface area contributed by atoms with Crippen LogP contribution >= 0.6 is 11.8 Å². The molecule has 5 heteroatoms. The fourth-order valence-corrected chi connectivity index (χ4v) is 2.19. The predicted octanol–water partition coefficient (Wildman–Crippen LogP) is 3.04. The summed E-state index contributed by atoms with van der Waals surface area (Å²) in [5, 5.41) is -1.42. The Hall–Kier alpha value is 0.100. The summed E-state index contributed by atoms with van der Waals surface area (Å²) in [6.45, 7) is 5.48. The van der Waals surface area contributed by atoms with Crippen molar-refractivity contribution in [2.75, 3.05) is 5.75 Å². The van der Waals surface area contributed by atoms with E-state index in [0.29, 0.717) is 12.2 Å². The summed E-state index contributed by atoms with van der Waals surface area (Å²) < 4.78 is 37.5. The molecule has 2 atom stereocenters. The lowest BCUT2D eigenvalue weighted by Gasteiger charge is -2.25. The van der Waals surface area contributed by atoms with Crippen LogP contribution in [0.25, 0.3) is 0 Å². The largest absolute Gasteiger partial charge is 0.402 e. The number of hydrogen-bond acceptors (Lipinski definition) is 2. The molecule has 2 unspecified atom stereocenters. The van der Waals surface area contributed by atoms with Crippen molar-refractivity contribution >= 4 is 11.8 Å². The first-order valence-corrected chi connectivity index (χ1v) is 5.77. The van der Waals surface area contributed by atoms with Crippen LogP contribution in [0.3, 0.4) is 0 Å². The van der Waals surface area contributed by atoms with E-state index in [2.05, 4.69) is 0 Å². The van der Waals surface area contributed by atoms with E-state index < -0.39 is 17.5 Å². The second-order valence-corrected chi connectivity index (χ2v) is 4.94. The number of hydrogen-bond donors (Lipinski definition) is 1. The monoisotopic (exact) mass is 229 g/mol. The molecule has 14 heavy (non-hydrogen) atoms. The number of halogens is 3. The third-order valence-electron chi connectivity index (χ3n) is 1.79. The number of thioether (sulfide) groups is 1. The van der Waals surface area contributed by atoms with Gasteiger partial charge >= 0.3 is 6.18 Å². The average molecular weight is 229 g/mol. The van der Waals surface area contributed by atoms with Crippen LogP contribution in [0.1, 0.15) is 27.2 Å². The Labute approximate surface area is 87.6 Å². The van der Waals surface area contributed by atoms with Crippen molar-refractivity contribution in [3.63, 3.8) is 0 Å². The minimum Gasteiger partial charge on any atom is -0.326 e. The highest BCUT2D eigenvalue weighted by molar-refractivity contribution is 8.00. The molecule has 0 spiro atoms. The van der Waals surface area contributed by atoms with Crippen molar-refractivity contribution in [1.82, 2.24) is 0 Å². The van der Waals surface area contributed by atoms with E-state index in [1.54, 1.807) is 6.92 Å². The molecule has 1 nitrogen and oxygen atoms in total. The fraction of sp³-hybridized carbons (Fsp3) is 1.00. The third kappa shape index (κ3) is 5.10. The molecule has 86 valence electrons. The topological polar surface area (TPSA) is 26.0 Å². The first kappa shape index (κ1) is 14.1. The lowest BCUT2D eigenvalue weighted by molar-refractivity contribution is -0.132. The molecule has 0 amide bonds. The number of rotatable bonds is 5. The summed E-state index contributed by atoms with van der Waals surface area (Å²) in [5.41, 5.74) is 5.45. The van der Waals surface area contributed by atoms with Crippen LogP contribution in [-0.4, -0.2) is 23.2 Å². The van der Waals surface area contributed by atoms with Gasteiger partial charge in [-0.15, -0.1) is 11.8 Å². The van der Waals surface area contributed by atoms with E-state index in [9.17, 15) is 13.2 Å². The van der Waals surface area contributed by atoms with Crippen LogP contribution in [0.15, 0.2) is 0 Å². The van der Waals surface area contributed by atoms with E-state index >= 15 is 0 Å². The maximum absolute atomic E-state index is 12.5. The molecule has 0 radical (unpaired) electrons. The lowest BCUT2D eigenvalue weighted by atomic mass is 10.1. The highest BCUT2D eigenvalue weighted by Gasteiger charge is 2.43. The van der Waals surface area contributed by atoms with Gasteiger partial charge in [0, 0.05) is 6.04 Å². The lowest BCUT2D eigenvalue weighted by Crippen LogP contribution is -2.42. The quantitative estimate of drug-likeness (QED) is 0.784. The summed E-state index contributed by atoms with van der Waals surface area (Å²) in [7, 11) is 0. The molecule has 0 saturated carbocycles. The average Bonchev–Trinajstić information content (AvgIpc) is 2.01. The fourth-order valence-electron chi connectivity index (χ4n) is 0.971. The Bertz CT molecular complexity index is 159. The molecule has 0 aliphatic carbocycles. The first-order valence-electron chi connectivity index (χ1n) is 4.72. The van der Waals surface area contributed by atoms with E-state index in [1.807, 2.05) is 13.8 Å². The molecule has 0 rings (SSSR count). The Balaban J connectivity index is 4.26. The van der Waals surface area contributed by atoms with E-state index in [-0.39, 0.29) is 5.92 Å². The van der Waals surface area contributed by atoms with Gasteiger partial charge in [-0.25, -0.2) is 0 Å². The van der Waals surface area contributed by atoms with Crippen molar-refractivity contribution in [2.45, 2.75) is 44.7 Å². The van der Waals surface area contributed by atoms with Gasteiger partial charge in [-0.05, 0) is 18.1 Å². The maximum atomic E-state index is 12.5. The van der Waals surface area contributed by atoms with Crippen LogP contribution in [0.5, 0.6) is 0 Å². The predicted molar refractivity (Wildman–Crippen MR) is 55.4 cm³/mol. The van der Waals surface area contributed by atoms with Crippen LogP contribution in [-0.2, 0) is 0 Å². The minimum atomic E-state index is -4.19. The van der Waals surface area contributed by atoms with E-state index in [0.717, 1.165) is 11.8 Å². The number of alkyl halides is 3. The Morgan fingerprint density at radius 1 is 1.29 bits per heavy atom. The molecule has 0 aromatic carbocycles. The van der Waals surface area contributed by atoms with Gasteiger partial charge in [-0.3, -0.25) is 0 Å². The highest BCUT2D eigenvalue weighted by Crippen LogP contribution is 2.33. The summed E-state index contributed by atoms with van der Waals surface area (Å²) >= 11 is 0.919. The molecule has 0 bridgehead atoms. The zero-order valence-electron chi connectivity index (χ0n) is 8.77. The first-order chi connectivity index (χ1) is 6.29.